The maximum absolute atomic E-state index is 10.3. The summed E-state index contributed by atoms with van der Waals surface area (Å²) in [5.74, 6) is -0.280. The number of carboxylic acids is 1. The van der Waals surface area contributed by atoms with Crippen molar-refractivity contribution in [2.75, 3.05) is 18.4 Å². The van der Waals surface area contributed by atoms with E-state index >= 15 is 0 Å². The molecule has 8 heteroatoms. The number of halogens is 2. The lowest BCUT2D eigenvalue weighted by atomic mass is 10.2. The van der Waals surface area contributed by atoms with Gasteiger partial charge in [-0.2, -0.15) is 0 Å². The molecular weight excluding hydrogens is 291 g/mol. The minimum atomic E-state index is -0.994. The van der Waals surface area contributed by atoms with E-state index in [1.165, 1.54) is 6.08 Å². The average molecular weight is 307 g/mol. The zero-order chi connectivity index (χ0) is 12.1. The Morgan fingerprint density at radius 2 is 2.21 bits per heavy atom. The third kappa shape index (κ3) is 5.87. The first-order valence-electron chi connectivity index (χ1n) is 5.44. The Labute approximate surface area is 123 Å². The largest absolute Gasteiger partial charge is 0.478 e. The van der Waals surface area contributed by atoms with Crippen LogP contribution in [0.1, 0.15) is 12.1 Å². The van der Waals surface area contributed by atoms with Crippen molar-refractivity contribution in [1.29, 1.82) is 0 Å². The molecule has 1 atom stereocenters. The molecule has 1 fully saturated rings. The van der Waals surface area contributed by atoms with E-state index in [4.69, 9.17) is 5.11 Å². The van der Waals surface area contributed by atoms with Crippen LogP contribution >= 0.6 is 24.8 Å². The molecule has 2 heterocycles. The molecule has 0 aliphatic carbocycles. The van der Waals surface area contributed by atoms with Crippen molar-refractivity contribution in [3.63, 3.8) is 0 Å². The van der Waals surface area contributed by atoms with E-state index in [1.807, 2.05) is 0 Å². The van der Waals surface area contributed by atoms with Crippen molar-refractivity contribution in [1.82, 2.24) is 15.3 Å². The zero-order valence-electron chi connectivity index (χ0n) is 10.1. The summed E-state index contributed by atoms with van der Waals surface area (Å²) in [7, 11) is 0. The summed E-state index contributed by atoms with van der Waals surface area (Å²) in [6.07, 6.45) is 6.68. The lowest BCUT2D eigenvalue weighted by Gasteiger charge is -2.10. The number of hydrogen-bond acceptors (Lipinski definition) is 5. The molecule has 1 aromatic rings. The smallest absolute Gasteiger partial charge is 0.328 e. The van der Waals surface area contributed by atoms with E-state index in [-0.39, 0.29) is 24.8 Å². The van der Waals surface area contributed by atoms with E-state index in [0.717, 1.165) is 25.6 Å². The molecule has 1 aromatic heterocycles. The lowest BCUT2D eigenvalue weighted by Crippen LogP contribution is -2.22. The summed E-state index contributed by atoms with van der Waals surface area (Å²) < 4.78 is 0. The summed E-state index contributed by atoms with van der Waals surface area (Å²) in [5, 5.41) is 15.0. The van der Waals surface area contributed by atoms with Gasteiger partial charge in [-0.05, 0) is 19.0 Å². The maximum atomic E-state index is 10.3. The molecule has 0 spiro atoms. The second kappa shape index (κ2) is 8.68. The van der Waals surface area contributed by atoms with Crippen LogP contribution in [0.4, 0.5) is 5.82 Å². The Kier molecular flexibility index (Phi) is 8.06. The number of carbonyl (C=O) groups is 1. The van der Waals surface area contributed by atoms with Gasteiger partial charge in [0.25, 0.3) is 0 Å². The molecule has 0 bridgehead atoms. The Bertz CT molecular complexity index is 419. The molecular formula is C11H16Cl2N4O2. The average Bonchev–Trinajstić information content (AvgIpc) is 2.81. The van der Waals surface area contributed by atoms with Crippen LogP contribution in [-0.2, 0) is 4.79 Å². The van der Waals surface area contributed by atoms with Crippen LogP contribution in [0.25, 0.3) is 6.08 Å². The number of carboxylic acid groups (broad SMARTS) is 1. The number of hydrogen-bond donors (Lipinski definition) is 3. The second-order valence-corrected chi connectivity index (χ2v) is 3.83. The van der Waals surface area contributed by atoms with Crippen molar-refractivity contribution in [2.24, 2.45) is 0 Å². The first kappa shape index (κ1) is 17.6. The van der Waals surface area contributed by atoms with Gasteiger partial charge in [0.05, 0.1) is 18.1 Å². The van der Waals surface area contributed by atoms with E-state index in [0.29, 0.717) is 17.6 Å². The van der Waals surface area contributed by atoms with Crippen molar-refractivity contribution in [3.8, 4) is 0 Å². The van der Waals surface area contributed by atoms with Crippen molar-refractivity contribution < 1.29 is 9.90 Å². The van der Waals surface area contributed by atoms with Gasteiger partial charge in [-0.3, -0.25) is 4.98 Å². The highest BCUT2D eigenvalue weighted by Gasteiger charge is 2.13. The molecule has 2 rings (SSSR count). The predicted molar refractivity (Wildman–Crippen MR) is 78.1 cm³/mol. The van der Waals surface area contributed by atoms with E-state index in [9.17, 15) is 4.79 Å². The molecule has 6 nitrogen and oxygen atoms in total. The van der Waals surface area contributed by atoms with Gasteiger partial charge in [0, 0.05) is 18.7 Å². The standard InChI is InChI=1S/C11H14N4O2.2ClH/c16-11(17)2-1-8-6-14-10(7-13-8)15-9-3-4-12-5-9;;/h1-2,6-7,9,12H,3-5H2,(H,14,15)(H,16,17);2*1H/t9-;;/m1../s1. The van der Waals surface area contributed by atoms with E-state index < -0.39 is 5.97 Å². The number of nitrogens with one attached hydrogen (secondary N) is 2. The molecule has 3 N–H and O–H groups in total. The fraction of sp³-hybridized carbons (Fsp3) is 0.364. The van der Waals surface area contributed by atoms with Crippen molar-refractivity contribution in [2.45, 2.75) is 12.5 Å². The fourth-order valence-corrected chi connectivity index (χ4v) is 1.64. The minimum absolute atomic E-state index is 0. The second-order valence-electron chi connectivity index (χ2n) is 3.83. The molecule has 0 amide bonds. The number of aliphatic carboxylic acids is 1. The van der Waals surface area contributed by atoms with Crippen LogP contribution in [0.5, 0.6) is 0 Å². The SMILES string of the molecule is Cl.Cl.O=C(O)C=Cc1cnc(N[C@@H]2CCNC2)cn1. The normalized spacial score (nSPS) is 17.6. The summed E-state index contributed by atoms with van der Waals surface area (Å²) in [4.78, 5) is 18.6. The maximum Gasteiger partial charge on any atom is 0.328 e. The quantitative estimate of drug-likeness (QED) is 0.724. The third-order valence-corrected chi connectivity index (χ3v) is 2.48. The molecule has 0 aromatic carbocycles. The summed E-state index contributed by atoms with van der Waals surface area (Å²) in [6, 6.07) is 0.393. The highest BCUT2D eigenvalue weighted by molar-refractivity contribution is 5.85. The predicted octanol–water partition coefficient (Wildman–Crippen LogP) is 1.19. The van der Waals surface area contributed by atoms with E-state index in [1.54, 1.807) is 12.4 Å². The van der Waals surface area contributed by atoms with Gasteiger partial charge < -0.3 is 15.7 Å². The molecule has 19 heavy (non-hydrogen) atoms. The highest BCUT2D eigenvalue weighted by atomic mass is 35.5. The lowest BCUT2D eigenvalue weighted by molar-refractivity contribution is -0.131. The Morgan fingerprint density at radius 1 is 1.42 bits per heavy atom. The molecule has 1 aliphatic heterocycles. The number of anilines is 1. The van der Waals surface area contributed by atoms with Crippen LogP contribution in [0, 0.1) is 0 Å². The molecule has 0 radical (unpaired) electrons. The van der Waals surface area contributed by atoms with Gasteiger partial charge >= 0.3 is 5.97 Å². The van der Waals surface area contributed by atoms with Gasteiger partial charge in [0.15, 0.2) is 0 Å². The van der Waals surface area contributed by atoms with Crippen LogP contribution in [0.15, 0.2) is 18.5 Å². The van der Waals surface area contributed by atoms with Gasteiger partial charge in [-0.25, -0.2) is 9.78 Å². The van der Waals surface area contributed by atoms with Crippen LogP contribution in [0.2, 0.25) is 0 Å². The van der Waals surface area contributed by atoms with Crippen LogP contribution in [0.3, 0.4) is 0 Å². The van der Waals surface area contributed by atoms with Crippen molar-refractivity contribution >= 4 is 42.7 Å². The Morgan fingerprint density at radius 3 is 2.74 bits per heavy atom. The molecule has 1 aliphatic rings. The first-order chi connectivity index (χ1) is 8.24. The fourth-order valence-electron chi connectivity index (χ4n) is 1.64. The van der Waals surface area contributed by atoms with Crippen molar-refractivity contribution in [3.05, 3.63) is 24.2 Å². The van der Waals surface area contributed by atoms with Gasteiger partial charge in [0.1, 0.15) is 5.82 Å². The number of rotatable bonds is 4. The summed E-state index contributed by atoms with van der Waals surface area (Å²) in [6.45, 7) is 1.95. The van der Waals surface area contributed by atoms with Crippen LogP contribution < -0.4 is 10.6 Å². The summed E-state index contributed by atoms with van der Waals surface area (Å²) >= 11 is 0. The summed E-state index contributed by atoms with van der Waals surface area (Å²) in [5.41, 5.74) is 0.530. The van der Waals surface area contributed by atoms with E-state index in [2.05, 4.69) is 20.6 Å². The van der Waals surface area contributed by atoms with Gasteiger partial charge in [-0.15, -0.1) is 24.8 Å². The monoisotopic (exact) mass is 306 g/mol. The topological polar surface area (TPSA) is 87.1 Å². The number of aromatic nitrogens is 2. The van der Waals surface area contributed by atoms with Gasteiger partial charge in [0.2, 0.25) is 0 Å². The first-order valence-corrected chi connectivity index (χ1v) is 5.44. The number of nitrogens with zero attached hydrogens (tertiary/aromatic N) is 2. The molecule has 1 saturated heterocycles. The molecule has 0 unspecified atom stereocenters. The Balaban J connectivity index is 0.00000162. The third-order valence-electron chi connectivity index (χ3n) is 2.48. The highest BCUT2D eigenvalue weighted by Crippen LogP contribution is 2.08. The molecule has 106 valence electrons. The zero-order valence-corrected chi connectivity index (χ0v) is 11.7. The van der Waals surface area contributed by atoms with Gasteiger partial charge in [-0.1, -0.05) is 0 Å². The van der Waals surface area contributed by atoms with Crippen LogP contribution in [-0.4, -0.2) is 40.2 Å². The Hall–Kier alpha value is -1.37. The molecule has 0 saturated carbocycles. The minimum Gasteiger partial charge on any atom is -0.478 e.